The van der Waals surface area contributed by atoms with Crippen molar-refractivity contribution in [2.75, 3.05) is 46.5 Å². The summed E-state index contributed by atoms with van der Waals surface area (Å²) >= 11 is 0. The Labute approximate surface area is 162 Å². The lowest BCUT2D eigenvalue weighted by Gasteiger charge is -2.57. The van der Waals surface area contributed by atoms with Crippen LogP contribution in [-0.4, -0.2) is 73.5 Å². The van der Waals surface area contributed by atoms with Crippen LogP contribution in [0.5, 0.6) is 5.75 Å². The molecule has 3 rings (SSSR count). The maximum absolute atomic E-state index is 12.0. The molecule has 0 N–H and O–H groups in total. The van der Waals surface area contributed by atoms with Crippen LogP contribution in [0.25, 0.3) is 0 Å². The Morgan fingerprint density at radius 3 is 2.70 bits per heavy atom. The van der Waals surface area contributed by atoms with Gasteiger partial charge in [-0.3, -0.25) is 4.90 Å². The Morgan fingerprint density at radius 2 is 2.11 bits per heavy atom. The summed E-state index contributed by atoms with van der Waals surface area (Å²) in [6.07, 6.45) is 1.71. The zero-order valence-corrected chi connectivity index (χ0v) is 17.0. The van der Waals surface area contributed by atoms with E-state index in [0.717, 1.165) is 44.0 Å². The molecule has 0 bridgehead atoms. The first-order valence-electron chi connectivity index (χ1n) is 9.76. The highest BCUT2D eigenvalue weighted by atomic mass is 16.6. The zero-order valence-electron chi connectivity index (χ0n) is 17.0. The fourth-order valence-electron chi connectivity index (χ4n) is 3.39. The van der Waals surface area contributed by atoms with Crippen LogP contribution < -0.4 is 4.74 Å². The van der Waals surface area contributed by atoms with E-state index in [1.54, 1.807) is 11.9 Å². The third-order valence-electron chi connectivity index (χ3n) is 5.23. The van der Waals surface area contributed by atoms with Gasteiger partial charge in [0.15, 0.2) is 0 Å². The van der Waals surface area contributed by atoms with Gasteiger partial charge in [-0.2, -0.15) is 0 Å². The molecule has 1 aromatic carbocycles. The Morgan fingerprint density at radius 1 is 1.33 bits per heavy atom. The van der Waals surface area contributed by atoms with Crippen molar-refractivity contribution >= 4 is 6.09 Å². The van der Waals surface area contributed by atoms with Crippen LogP contribution in [0.1, 0.15) is 32.8 Å². The molecule has 1 amide bonds. The van der Waals surface area contributed by atoms with Crippen LogP contribution >= 0.6 is 0 Å². The SMILES string of the molecule is CN(CCc1cccc(OCCN2CCC23COC3)c1)C(=O)OC(C)(C)C. The monoisotopic (exact) mass is 376 g/mol. The summed E-state index contributed by atoms with van der Waals surface area (Å²) in [5.74, 6) is 0.881. The summed E-state index contributed by atoms with van der Waals surface area (Å²) in [6.45, 7) is 10.7. The van der Waals surface area contributed by atoms with Crippen molar-refractivity contribution in [1.29, 1.82) is 0 Å². The van der Waals surface area contributed by atoms with Crippen molar-refractivity contribution in [2.24, 2.45) is 0 Å². The topological polar surface area (TPSA) is 51.2 Å². The van der Waals surface area contributed by atoms with E-state index in [9.17, 15) is 4.79 Å². The average Bonchev–Trinajstić information content (AvgIpc) is 2.53. The molecule has 2 heterocycles. The molecule has 1 spiro atoms. The van der Waals surface area contributed by atoms with E-state index in [0.29, 0.717) is 18.7 Å². The van der Waals surface area contributed by atoms with Gasteiger partial charge in [-0.05, 0) is 51.3 Å². The van der Waals surface area contributed by atoms with E-state index in [2.05, 4.69) is 17.0 Å². The van der Waals surface area contributed by atoms with Crippen LogP contribution in [0.4, 0.5) is 4.79 Å². The summed E-state index contributed by atoms with van der Waals surface area (Å²) in [5.41, 5.74) is 0.993. The lowest BCUT2D eigenvalue weighted by molar-refractivity contribution is -0.193. The minimum atomic E-state index is -0.472. The molecule has 2 saturated heterocycles. The van der Waals surface area contributed by atoms with Gasteiger partial charge in [-0.25, -0.2) is 4.79 Å². The van der Waals surface area contributed by atoms with Gasteiger partial charge in [0.2, 0.25) is 0 Å². The number of hydrogen-bond acceptors (Lipinski definition) is 5. The largest absolute Gasteiger partial charge is 0.492 e. The average molecular weight is 376 g/mol. The van der Waals surface area contributed by atoms with Gasteiger partial charge in [0.05, 0.1) is 18.8 Å². The highest BCUT2D eigenvalue weighted by Gasteiger charge is 2.50. The predicted octanol–water partition coefficient (Wildman–Crippen LogP) is 2.95. The lowest BCUT2D eigenvalue weighted by Crippen LogP contribution is -2.71. The van der Waals surface area contributed by atoms with Crippen molar-refractivity contribution < 1.29 is 19.0 Å². The first kappa shape index (κ1) is 20.0. The second-order valence-corrected chi connectivity index (χ2v) is 8.60. The Balaban J connectivity index is 1.41. The standard InChI is InChI=1S/C21H32N2O4/c1-20(2,3)27-19(24)22(4)10-8-17-6-5-7-18(14-17)26-13-12-23-11-9-21(23)15-25-16-21/h5-7,14H,8-13,15-16H2,1-4H3. The minimum Gasteiger partial charge on any atom is -0.492 e. The van der Waals surface area contributed by atoms with Gasteiger partial charge in [0.25, 0.3) is 0 Å². The van der Waals surface area contributed by atoms with Crippen molar-refractivity contribution in [3.8, 4) is 5.75 Å². The number of benzene rings is 1. The lowest BCUT2D eigenvalue weighted by atomic mass is 9.83. The van der Waals surface area contributed by atoms with Gasteiger partial charge in [0.1, 0.15) is 18.0 Å². The van der Waals surface area contributed by atoms with Crippen molar-refractivity contribution in [3.63, 3.8) is 0 Å². The number of ether oxygens (including phenoxy) is 3. The van der Waals surface area contributed by atoms with Crippen molar-refractivity contribution in [3.05, 3.63) is 29.8 Å². The molecular weight excluding hydrogens is 344 g/mol. The molecule has 0 saturated carbocycles. The van der Waals surface area contributed by atoms with Gasteiger partial charge in [-0.1, -0.05) is 12.1 Å². The van der Waals surface area contributed by atoms with Crippen LogP contribution in [0.15, 0.2) is 24.3 Å². The van der Waals surface area contributed by atoms with Crippen molar-refractivity contribution in [2.45, 2.75) is 44.8 Å². The summed E-state index contributed by atoms with van der Waals surface area (Å²) < 4.78 is 16.7. The van der Waals surface area contributed by atoms with E-state index < -0.39 is 5.60 Å². The molecule has 150 valence electrons. The summed E-state index contributed by atoms with van der Waals surface area (Å²) in [7, 11) is 1.77. The molecule has 1 aromatic rings. The number of nitrogens with zero attached hydrogens (tertiary/aromatic N) is 2. The van der Waals surface area contributed by atoms with E-state index in [1.165, 1.54) is 6.42 Å². The highest BCUT2D eigenvalue weighted by Crippen LogP contribution is 2.36. The zero-order chi connectivity index (χ0) is 19.5. The molecule has 0 unspecified atom stereocenters. The van der Waals surface area contributed by atoms with Gasteiger partial charge < -0.3 is 19.1 Å². The van der Waals surface area contributed by atoms with Crippen LogP contribution in [-0.2, 0) is 15.9 Å². The summed E-state index contributed by atoms with van der Waals surface area (Å²) in [5, 5.41) is 0. The molecule has 2 aliphatic heterocycles. The minimum absolute atomic E-state index is 0.293. The van der Waals surface area contributed by atoms with E-state index in [1.807, 2.05) is 32.9 Å². The smallest absolute Gasteiger partial charge is 0.410 e. The summed E-state index contributed by atoms with van der Waals surface area (Å²) in [6, 6.07) is 8.11. The van der Waals surface area contributed by atoms with E-state index in [-0.39, 0.29) is 6.09 Å². The van der Waals surface area contributed by atoms with Crippen LogP contribution in [0.3, 0.4) is 0 Å². The van der Waals surface area contributed by atoms with Gasteiger partial charge in [0, 0.05) is 26.7 Å². The highest BCUT2D eigenvalue weighted by molar-refractivity contribution is 5.67. The third kappa shape index (κ3) is 5.14. The molecule has 2 fully saturated rings. The van der Waals surface area contributed by atoms with E-state index >= 15 is 0 Å². The molecular formula is C21H32N2O4. The second kappa shape index (κ2) is 8.07. The molecule has 0 aliphatic carbocycles. The number of likely N-dealkylation sites (tertiary alicyclic amines) is 1. The Hall–Kier alpha value is -1.79. The molecule has 0 aromatic heterocycles. The second-order valence-electron chi connectivity index (χ2n) is 8.60. The molecule has 27 heavy (non-hydrogen) atoms. The number of hydrogen-bond donors (Lipinski definition) is 0. The van der Waals surface area contributed by atoms with Gasteiger partial charge >= 0.3 is 6.09 Å². The summed E-state index contributed by atoms with van der Waals surface area (Å²) in [4.78, 5) is 16.1. The Kier molecular flexibility index (Phi) is 5.96. The third-order valence-corrected chi connectivity index (χ3v) is 5.23. The van der Waals surface area contributed by atoms with E-state index in [4.69, 9.17) is 14.2 Å². The molecule has 2 aliphatic rings. The fraction of sp³-hybridized carbons (Fsp3) is 0.667. The number of amides is 1. The fourth-order valence-corrected chi connectivity index (χ4v) is 3.39. The first-order chi connectivity index (χ1) is 12.8. The molecule has 6 heteroatoms. The number of likely N-dealkylation sites (N-methyl/N-ethyl adjacent to an activating group) is 1. The maximum Gasteiger partial charge on any atom is 0.410 e. The number of carbonyl (C=O) groups is 1. The van der Waals surface area contributed by atoms with Crippen molar-refractivity contribution in [1.82, 2.24) is 9.80 Å². The van der Waals surface area contributed by atoms with Crippen LogP contribution in [0.2, 0.25) is 0 Å². The predicted molar refractivity (Wildman–Crippen MR) is 104 cm³/mol. The number of rotatable bonds is 7. The molecule has 0 atom stereocenters. The number of carbonyl (C=O) groups excluding carboxylic acids is 1. The Bertz CT molecular complexity index is 646. The van der Waals surface area contributed by atoms with Gasteiger partial charge in [-0.15, -0.1) is 0 Å². The normalized spacial score (nSPS) is 18.5. The molecule has 6 nitrogen and oxygen atoms in total. The molecule has 0 radical (unpaired) electrons. The van der Waals surface area contributed by atoms with Crippen LogP contribution in [0, 0.1) is 0 Å². The first-order valence-corrected chi connectivity index (χ1v) is 9.76. The quantitative estimate of drug-likeness (QED) is 0.732. The maximum atomic E-state index is 12.0.